The molecule has 6 heteroatoms. The van der Waals surface area contributed by atoms with E-state index >= 15 is 0 Å². The number of hydrogen-bond donors (Lipinski definition) is 0. The SMILES string of the molecule is O=S(=O)(c1ccccc1)n1ccc2ccc(OCc3ccccc3)nc21. The van der Waals surface area contributed by atoms with Crippen molar-refractivity contribution >= 4 is 21.1 Å². The summed E-state index contributed by atoms with van der Waals surface area (Å²) in [6.07, 6.45) is 1.51. The van der Waals surface area contributed by atoms with Gasteiger partial charge >= 0.3 is 0 Å². The Hall–Kier alpha value is -3.12. The number of fused-ring (bicyclic) bond motifs is 1. The molecule has 2 aromatic heterocycles. The molecular formula is C20H16N2O3S. The lowest BCUT2D eigenvalue weighted by atomic mass is 10.2. The smallest absolute Gasteiger partial charge is 0.269 e. The second-order valence-corrected chi connectivity index (χ2v) is 7.58. The van der Waals surface area contributed by atoms with Gasteiger partial charge in [-0.2, -0.15) is 4.98 Å². The third kappa shape index (κ3) is 3.07. The summed E-state index contributed by atoms with van der Waals surface area (Å²) in [4.78, 5) is 4.62. The molecule has 4 aromatic rings. The zero-order chi connectivity index (χ0) is 18.0. The standard InChI is InChI=1S/C20H16N2O3S/c23-26(24,18-9-5-2-6-10-18)22-14-13-17-11-12-19(21-20(17)22)25-15-16-7-3-1-4-8-16/h1-14H,15H2. The molecule has 0 spiro atoms. The van der Waals surface area contributed by atoms with Gasteiger partial charge in [0.25, 0.3) is 10.0 Å². The van der Waals surface area contributed by atoms with Crippen LogP contribution in [0.2, 0.25) is 0 Å². The third-order valence-electron chi connectivity index (χ3n) is 4.01. The summed E-state index contributed by atoms with van der Waals surface area (Å²) < 4.78 is 32.7. The van der Waals surface area contributed by atoms with Crippen LogP contribution in [0.25, 0.3) is 11.0 Å². The van der Waals surface area contributed by atoms with E-state index < -0.39 is 10.0 Å². The highest BCUT2D eigenvalue weighted by atomic mass is 32.2. The Bertz CT molecular complexity index is 1140. The van der Waals surface area contributed by atoms with Gasteiger partial charge in [0.15, 0.2) is 5.65 Å². The maximum absolute atomic E-state index is 12.9. The number of rotatable bonds is 5. The van der Waals surface area contributed by atoms with E-state index in [1.165, 1.54) is 10.2 Å². The first-order valence-corrected chi connectivity index (χ1v) is 9.54. The summed E-state index contributed by atoms with van der Waals surface area (Å²) in [5.74, 6) is 0.379. The van der Waals surface area contributed by atoms with E-state index in [0.29, 0.717) is 18.1 Å². The molecule has 130 valence electrons. The normalized spacial score (nSPS) is 11.5. The molecule has 0 amide bonds. The number of pyridine rings is 1. The Morgan fingerprint density at radius 2 is 1.54 bits per heavy atom. The fourth-order valence-electron chi connectivity index (χ4n) is 2.68. The van der Waals surface area contributed by atoms with Gasteiger partial charge in [0.05, 0.1) is 4.90 Å². The molecule has 26 heavy (non-hydrogen) atoms. The lowest BCUT2D eigenvalue weighted by molar-refractivity contribution is 0.295. The minimum absolute atomic E-state index is 0.218. The van der Waals surface area contributed by atoms with E-state index in [9.17, 15) is 8.42 Å². The number of benzene rings is 2. The summed E-state index contributed by atoms with van der Waals surface area (Å²) >= 11 is 0. The number of ether oxygens (including phenoxy) is 1. The van der Waals surface area contributed by atoms with Gasteiger partial charge in [-0.1, -0.05) is 48.5 Å². The number of nitrogens with zero attached hydrogens (tertiary/aromatic N) is 2. The molecule has 0 saturated heterocycles. The van der Waals surface area contributed by atoms with Gasteiger partial charge in [-0.3, -0.25) is 0 Å². The van der Waals surface area contributed by atoms with Crippen LogP contribution in [-0.2, 0) is 16.6 Å². The predicted molar refractivity (Wildman–Crippen MR) is 99.5 cm³/mol. The number of hydrogen-bond acceptors (Lipinski definition) is 4. The third-order valence-corrected chi connectivity index (χ3v) is 5.69. The van der Waals surface area contributed by atoms with Crippen molar-refractivity contribution in [1.82, 2.24) is 8.96 Å². The van der Waals surface area contributed by atoms with Crippen molar-refractivity contribution in [3.05, 3.63) is 90.6 Å². The van der Waals surface area contributed by atoms with Crippen LogP contribution in [0.1, 0.15) is 5.56 Å². The Labute approximate surface area is 151 Å². The monoisotopic (exact) mass is 364 g/mol. The highest BCUT2D eigenvalue weighted by Crippen LogP contribution is 2.23. The van der Waals surface area contributed by atoms with Crippen LogP contribution in [0.4, 0.5) is 0 Å². The van der Waals surface area contributed by atoms with Gasteiger partial charge in [0, 0.05) is 17.6 Å². The van der Waals surface area contributed by atoms with Crippen LogP contribution < -0.4 is 4.74 Å². The first-order chi connectivity index (χ1) is 12.6. The molecule has 0 N–H and O–H groups in total. The van der Waals surface area contributed by atoms with Crippen LogP contribution in [0.15, 0.2) is 90.0 Å². The Morgan fingerprint density at radius 3 is 2.27 bits per heavy atom. The van der Waals surface area contributed by atoms with E-state index in [1.54, 1.807) is 48.5 Å². The molecule has 0 bridgehead atoms. The summed E-state index contributed by atoms with van der Waals surface area (Å²) in [6.45, 7) is 0.367. The van der Waals surface area contributed by atoms with Gasteiger partial charge in [-0.15, -0.1) is 0 Å². The van der Waals surface area contributed by atoms with Gasteiger partial charge in [-0.25, -0.2) is 12.4 Å². The predicted octanol–water partition coefficient (Wildman–Crippen LogP) is 3.85. The van der Waals surface area contributed by atoms with Gasteiger partial charge < -0.3 is 4.74 Å². The number of aromatic nitrogens is 2. The first-order valence-electron chi connectivity index (χ1n) is 8.10. The molecule has 0 aliphatic heterocycles. The molecule has 0 radical (unpaired) electrons. The van der Waals surface area contributed by atoms with Crippen molar-refractivity contribution in [2.75, 3.05) is 0 Å². The second kappa shape index (κ2) is 6.65. The molecule has 0 fully saturated rings. The molecular weight excluding hydrogens is 348 g/mol. The zero-order valence-corrected chi connectivity index (χ0v) is 14.6. The van der Waals surface area contributed by atoms with Crippen LogP contribution in [-0.4, -0.2) is 17.4 Å². The van der Waals surface area contributed by atoms with Gasteiger partial charge in [0.2, 0.25) is 5.88 Å². The highest BCUT2D eigenvalue weighted by Gasteiger charge is 2.19. The largest absolute Gasteiger partial charge is 0.473 e. The van der Waals surface area contributed by atoms with Crippen molar-refractivity contribution in [2.45, 2.75) is 11.5 Å². The average molecular weight is 364 g/mol. The molecule has 4 rings (SSSR count). The maximum atomic E-state index is 12.9. The lowest BCUT2D eigenvalue weighted by Gasteiger charge is -2.09. The van der Waals surface area contributed by atoms with Crippen LogP contribution in [0.5, 0.6) is 5.88 Å². The van der Waals surface area contributed by atoms with Crippen molar-refractivity contribution in [3.63, 3.8) is 0 Å². The minimum atomic E-state index is -3.71. The summed E-state index contributed by atoms with van der Waals surface area (Å²) in [5.41, 5.74) is 1.36. The van der Waals surface area contributed by atoms with Crippen LogP contribution >= 0.6 is 0 Å². The van der Waals surface area contributed by atoms with Crippen molar-refractivity contribution in [2.24, 2.45) is 0 Å². The summed E-state index contributed by atoms with van der Waals surface area (Å²) in [6, 6.07) is 23.3. The fourth-order valence-corrected chi connectivity index (χ4v) is 4.00. The Kier molecular flexibility index (Phi) is 4.18. The molecule has 5 nitrogen and oxygen atoms in total. The highest BCUT2D eigenvalue weighted by molar-refractivity contribution is 7.90. The zero-order valence-electron chi connectivity index (χ0n) is 13.8. The molecule has 0 unspecified atom stereocenters. The van der Waals surface area contributed by atoms with E-state index in [1.807, 2.05) is 30.3 Å². The van der Waals surface area contributed by atoms with Crippen LogP contribution in [0.3, 0.4) is 0 Å². The average Bonchev–Trinajstić information content (AvgIpc) is 3.12. The van der Waals surface area contributed by atoms with Gasteiger partial charge in [-0.05, 0) is 29.8 Å². The van der Waals surface area contributed by atoms with Crippen molar-refractivity contribution in [3.8, 4) is 5.88 Å². The quantitative estimate of drug-likeness (QED) is 0.540. The molecule has 0 atom stereocenters. The van der Waals surface area contributed by atoms with E-state index in [4.69, 9.17) is 4.74 Å². The maximum Gasteiger partial charge on any atom is 0.269 e. The van der Waals surface area contributed by atoms with E-state index in [2.05, 4.69) is 4.98 Å². The minimum Gasteiger partial charge on any atom is -0.473 e. The molecule has 2 heterocycles. The Balaban J connectivity index is 1.69. The first kappa shape index (κ1) is 16.4. The van der Waals surface area contributed by atoms with E-state index in [-0.39, 0.29) is 4.90 Å². The molecule has 0 saturated carbocycles. The molecule has 0 aliphatic rings. The Morgan fingerprint density at radius 1 is 0.846 bits per heavy atom. The second-order valence-electron chi connectivity index (χ2n) is 5.77. The fraction of sp³-hybridized carbons (Fsp3) is 0.0500. The molecule has 0 aliphatic carbocycles. The van der Waals surface area contributed by atoms with Gasteiger partial charge in [0.1, 0.15) is 6.61 Å². The van der Waals surface area contributed by atoms with E-state index in [0.717, 1.165) is 10.9 Å². The topological polar surface area (TPSA) is 61.2 Å². The molecule has 2 aromatic carbocycles. The van der Waals surface area contributed by atoms with Crippen molar-refractivity contribution in [1.29, 1.82) is 0 Å². The summed E-state index contributed by atoms with van der Waals surface area (Å²) in [5, 5.41) is 0.733. The van der Waals surface area contributed by atoms with Crippen molar-refractivity contribution < 1.29 is 13.2 Å². The van der Waals surface area contributed by atoms with Crippen LogP contribution in [0, 0.1) is 0 Å². The lowest BCUT2D eigenvalue weighted by Crippen LogP contribution is -2.12. The summed E-state index contributed by atoms with van der Waals surface area (Å²) in [7, 11) is -3.71.